The van der Waals surface area contributed by atoms with Crippen LogP contribution in [0.3, 0.4) is 0 Å². The number of aryl methyl sites for hydroxylation is 1. The van der Waals surface area contributed by atoms with Gasteiger partial charge in [0, 0.05) is 18.3 Å². The molecule has 0 radical (unpaired) electrons. The van der Waals surface area contributed by atoms with Crippen molar-refractivity contribution in [2.24, 2.45) is 0 Å². The third-order valence-electron chi connectivity index (χ3n) is 4.05. The molecule has 0 bridgehead atoms. The van der Waals surface area contributed by atoms with Crippen LogP contribution in [0.4, 0.5) is 17.3 Å². The number of nitrogens with one attached hydrogen (secondary N) is 2. The fourth-order valence-corrected chi connectivity index (χ4v) is 2.68. The predicted molar refractivity (Wildman–Crippen MR) is 108 cm³/mol. The van der Waals surface area contributed by atoms with Gasteiger partial charge < -0.3 is 20.1 Å². The van der Waals surface area contributed by atoms with Crippen LogP contribution in [0.5, 0.6) is 11.5 Å². The fraction of sp³-hybridized carbons (Fsp3) is 0.190. The summed E-state index contributed by atoms with van der Waals surface area (Å²) in [6.45, 7) is 2.42. The number of methoxy groups -OCH3 is 2. The maximum absolute atomic E-state index is 8.89. The van der Waals surface area contributed by atoms with Crippen LogP contribution in [-0.2, 0) is 6.54 Å². The molecule has 7 heteroatoms. The van der Waals surface area contributed by atoms with E-state index in [9.17, 15) is 0 Å². The first-order chi connectivity index (χ1) is 13.6. The van der Waals surface area contributed by atoms with E-state index >= 15 is 0 Å². The van der Waals surface area contributed by atoms with Crippen LogP contribution in [0.15, 0.2) is 48.5 Å². The highest BCUT2D eigenvalue weighted by Gasteiger charge is 2.06. The van der Waals surface area contributed by atoms with Gasteiger partial charge in [-0.05, 0) is 48.9 Å². The molecule has 0 amide bonds. The summed E-state index contributed by atoms with van der Waals surface area (Å²) >= 11 is 0. The van der Waals surface area contributed by atoms with E-state index in [1.165, 1.54) is 0 Å². The van der Waals surface area contributed by atoms with Gasteiger partial charge >= 0.3 is 0 Å². The third kappa shape index (κ3) is 4.68. The number of nitrogens with zero attached hydrogens (tertiary/aromatic N) is 3. The third-order valence-corrected chi connectivity index (χ3v) is 4.05. The maximum Gasteiger partial charge on any atom is 0.161 e. The largest absolute Gasteiger partial charge is 0.493 e. The summed E-state index contributed by atoms with van der Waals surface area (Å²) in [5, 5.41) is 15.4. The van der Waals surface area contributed by atoms with E-state index in [1.54, 1.807) is 26.4 Å². The molecule has 0 aliphatic rings. The van der Waals surface area contributed by atoms with Crippen molar-refractivity contribution in [3.63, 3.8) is 0 Å². The molecule has 0 atom stereocenters. The van der Waals surface area contributed by atoms with Crippen molar-refractivity contribution in [1.29, 1.82) is 5.26 Å². The van der Waals surface area contributed by atoms with Crippen molar-refractivity contribution in [3.05, 3.63) is 65.5 Å². The van der Waals surface area contributed by atoms with Crippen LogP contribution in [-0.4, -0.2) is 24.2 Å². The first kappa shape index (κ1) is 19.0. The Bertz CT molecular complexity index is 997. The van der Waals surface area contributed by atoms with Crippen molar-refractivity contribution in [1.82, 2.24) is 9.97 Å². The van der Waals surface area contributed by atoms with E-state index in [0.717, 1.165) is 11.3 Å². The second-order valence-electron chi connectivity index (χ2n) is 6.04. The lowest BCUT2D eigenvalue weighted by Gasteiger charge is -2.12. The summed E-state index contributed by atoms with van der Waals surface area (Å²) in [6, 6.07) is 16.9. The molecule has 0 spiro atoms. The standard InChI is InChI=1S/C21H21N5O2/c1-14-24-20(23-13-16-6-9-18(27-2)19(10-16)28-3)11-21(25-14)26-17-7-4-15(12-22)5-8-17/h4-11H,13H2,1-3H3,(H2,23,24,25,26). The molecule has 2 N–H and O–H groups in total. The summed E-state index contributed by atoms with van der Waals surface area (Å²) < 4.78 is 10.6. The van der Waals surface area contributed by atoms with Crippen LogP contribution >= 0.6 is 0 Å². The van der Waals surface area contributed by atoms with Crippen LogP contribution in [0.2, 0.25) is 0 Å². The minimum atomic E-state index is 0.577. The van der Waals surface area contributed by atoms with Crippen LogP contribution in [0.1, 0.15) is 17.0 Å². The van der Waals surface area contributed by atoms with E-state index < -0.39 is 0 Å². The molecule has 142 valence electrons. The normalized spacial score (nSPS) is 10.1. The molecule has 0 fully saturated rings. The molecule has 3 aromatic rings. The summed E-state index contributed by atoms with van der Waals surface area (Å²) in [6.07, 6.45) is 0. The number of ether oxygens (including phenoxy) is 2. The zero-order valence-electron chi connectivity index (χ0n) is 16.0. The van der Waals surface area contributed by atoms with E-state index in [-0.39, 0.29) is 0 Å². The Hall–Kier alpha value is -3.79. The number of nitriles is 1. The molecule has 0 aliphatic carbocycles. The number of anilines is 3. The summed E-state index contributed by atoms with van der Waals surface area (Å²) in [5.41, 5.74) is 2.50. The highest BCUT2D eigenvalue weighted by molar-refractivity contribution is 5.60. The van der Waals surface area contributed by atoms with Crippen molar-refractivity contribution < 1.29 is 9.47 Å². The predicted octanol–water partition coefficient (Wildman–Crippen LogP) is 4.03. The van der Waals surface area contributed by atoms with Gasteiger partial charge in [0.25, 0.3) is 0 Å². The molecule has 0 saturated heterocycles. The molecule has 0 unspecified atom stereocenters. The average molecular weight is 375 g/mol. The van der Waals surface area contributed by atoms with Gasteiger partial charge in [0.2, 0.25) is 0 Å². The lowest BCUT2D eigenvalue weighted by atomic mass is 10.2. The number of hydrogen-bond acceptors (Lipinski definition) is 7. The van der Waals surface area contributed by atoms with Crippen LogP contribution in [0, 0.1) is 18.3 Å². The highest BCUT2D eigenvalue weighted by atomic mass is 16.5. The topological polar surface area (TPSA) is 92.1 Å². The summed E-state index contributed by atoms with van der Waals surface area (Å²) in [4.78, 5) is 8.85. The average Bonchev–Trinajstić information content (AvgIpc) is 2.72. The van der Waals surface area contributed by atoms with Gasteiger partial charge in [-0.2, -0.15) is 5.26 Å². The zero-order chi connectivity index (χ0) is 19.9. The number of aromatic nitrogens is 2. The molecule has 0 saturated carbocycles. The highest BCUT2D eigenvalue weighted by Crippen LogP contribution is 2.28. The lowest BCUT2D eigenvalue weighted by Crippen LogP contribution is -2.05. The van der Waals surface area contributed by atoms with E-state index in [2.05, 4.69) is 26.7 Å². The van der Waals surface area contributed by atoms with Gasteiger partial charge in [0.1, 0.15) is 17.5 Å². The maximum atomic E-state index is 8.89. The lowest BCUT2D eigenvalue weighted by molar-refractivity contribution is 0.354. The Morgan fingerprint density at radius 2 is 1.64 bits per heavy atom. The summed E-state index contributed by atoms with van der Waals surface area (Å²) in [7, 11) is 3.23. The SMILES string of the molecule is COc1ccc(CNc2cc(Nc3ccc(C#N)cc3)nc(C)n2)cc1OC. The molecule has 1 heterocycles. The van der Waals surface area contributed by atoms with E-state index in [0.29, 0.717) is 41.1 Å². The van der Waals surface area contributed by atoms with Gasteiger partial charge in [0.05, 0.1) is 25.9 Å². The molecule has 0 aliphatic heterocycles. The van der Waals surface area contributed by atoms with Gasteiger partial charge in [-0.1, -0.05) is 6.07 Å². The molecule has 2 aromatic carbocycles. The Kier molecular flexibility index (Phi) is 5.92. The minimum absolute atomic E-state index is 0.577. The summed E-state index contributed by atoms with van der Waals surface area (Å²) in [5.74, 6) is 3.40. The van der Waals surface area contributed by atoms with Gasteiger partial charge in [-0.25, -0.2) is 9.97 Å². The molecular formula is C21H21N5O2. The number of hydrogen-bond donors (Lipinski definition) is 2. The Labute approximate surface area is 164 Å². The van der Waals surface area contributed by atoms with Crippen molar-refractivity contribution in [2.75, 3.05) is 24.9 Å². The van der Waals surface area contributed by atoms with E-state index in [1.807, 2.05) is 43.3 Å². The molecule has 7 nitrogen and oxygen atoms in total. The second kappa shape index (κ2) is 8.73. The Morgan fingerprint density at radius 1 is 0.929 bits per heavy atom. The van der Waals surface area contributed by atoms with Gasteiger partial charge in [-0.3, -0.25) is 0 Å². The fourth-order valence-electron chi connectivity index (χ4n) is 2.68. The first-order valence-electron chi connectivity index (χ1n) is 8.69. The second-order valence-corrected chi connectivity index (χ2v) is 6.04. The van der Waals surface area contributed by atoms with Crippen molar-refractivity contribution in [3.8, 4) is 17.6 Å². The molecule has 1 aromatic heterocycles. The zero-order valence-corrected chi connectivity index (χ0v) is 16.0. The monoisotopic (exact) mass is 375 g/mol. The number of rotatable bonds is 7. The van der Waals surface area contributed by atoms with Crippen LogP contribution in [0.25, 0.3) is 0 Å². The van der Waals surface area contributed by atoms with E-state index in [4.69, 9.17) is 14.7 Å². The van der Waals surface area contributed by atoms with Gasteiger partial charge in [-0.15, -0.1) is 0 Å². The number of benzene rings is 2. The molecule has 3 rings (SSSR count). The van der Waals surface area contributed by atoms with Crippen LogP contribution < -0.4 is 20.1 Å². The first-order valence-corrected chi connectivity index (χ1v) is 8.69. The quantitative estimate of drug-likeness (QED) is 0.644. The minimum Gasteiger partial charge on any atom is -0.493 e. The molecule has 28 heavy (non-hydrogen) atoms. The van der Waals surface area contributed by atoms with Crippen molar-refractivity contribution in [2.45, 2.75) is 13.5 Å². The van der Waals surface area contributed by atoms with Crippen molar-refractivity contribution >= 4 is 17.3 Å². The smallest absolute Gasteiger partial charge is 0.161 e. The van der Waals surface area contributed by atoms with Gasteiger partial charge in [0.15, 0.2) is 11.5 Å². The molecular weight excluding hydrogens is 354 g/mol. The Balaban J connectivity index is 1.71. The Morgan fingerprint density at radius 3 is 2.32 bits per heavy atom.